The summed E-state index contributed by atoms with van der Waals surface area (Å²) in [5.41, 5.74) is 0. The molecule has 2 nitrogen and oxygen atoms in total. The molecule has 5 radical (unpaired) electrons. The van der Waals surface area contributed by atoms with Crippen LogP contribution in [-0.2, 0) is 54.2 Å². The summed E-state index contributed by atoms with van der Waals surface area (Å²) < 4.78 is 0. The molecule has 0 amide bonds. The third-order valence-corrected chi connectivity index (χ3v) is 0. The fraction of sp³-hybridized carbons (Fsp3) is 0. The molecule has 0 saturated heterocycles. The minimum absolute atomic E-state index is 0. The van der Waals surface area contributed by atoms with Gasteiger partial charge in [0.05, 0.1) is 0 Å². The molecule has 0 aromatic rings. The van der Waals surface area contributed by atoms with Crippen molar-refractivity contribution in [3.8, 4) is 0 Å². The molecule has 0 aromatic carbocycles. The van der Waals surface area contributed by atoms with Crippen LogP contribution in [0.3, 0.4) is 0 Å². The molecule has 0 unspecified atom stereocenters. The molecule has 5 heavy (non-hydrogen) atoms. The van der Waals surface area contributed by atoms with Crippen LogP contribution in [0.4, 0.5) is 0 Å². The zero-order chi connectivity index (χ0) is 0. The van der Waals surface area contributed by atoms with Gasteiger partial charge in [-0.2, -0.15) is 0 Å². The van der Waals surface area contributed by atoms with Crippen molar-refractivity contribution in [1.82, 2.24) is 0 Å². The molecule has 0 saturated carbocycles. The van der Waals surface area contributed by atoms with E-state index in [4.69, 9.17) is 0 Å². The van der Waals surface area contributed by atoms with Gasteiger partial charge >= 0.3 is 26.2 Å². The average molecular weight is 206 g/mol. The Morgan fingerprint density at radius 1 is 0.800 bits per heavy atom. The standard InChI is InChI=1S/Mn.2O.Si.Zr/q;2*-2;;+4. The van der Waals surface area contributed by atoms with Crippen LogP contribution in [0.1, 0.15) is 0 Å². The minimum Gasteiger partial charge on any atom is -2.00 e. The van der Waals surface area contributed by atoms with Crippen molar-refractivity contribution in [1.29, 1.82) is 0 Å². The Morgan fingerprint density at radius 2 is 0.800 bits per heavy atom. The molecule has 5 heteroatoms. The Morgan fingerprint density at radius 3 is 0.800 bits per heavy atom. The zero-order valence-electron chi connectivity index (χ0n) is 2.19. The molecule has 0 heterocycles. The first-order valence-electron chi connectivity index (χ1n) is 0. The summed E-state index contributed by atoms with van der Waals surface area (Å²) >= 11 is 0. The van der Waals surface area contributed by atoms with Crippen LogP contribution in [0.15, 0.2) is 0 Å². The molecule has 0 N–H and O–H groups in total. The maximum absolute atomic E-state index is 0. The van der Waals surface area contributed by atoms with Crippen molar-refractivity contribution >= 4 is 11.0 Å². The second-order valence-corrected chi connectivity index (χ2v) is 0. The molecule has 0 bridgehead atoms. The SMILES string of the molecule is [Mn].[O-2].[O-2].[Si].[Zr+4]. The summed E-state index contributed by atoms with van der Waals surface area (Å²) in [5.74, 6) is 0. The first-order valence-corrected chi connectivity index (χ1v) is 0. The van der Waals surface area contributed by atoms with Crippen LogP contribution in [-0.4, -0.2) is 11.0 Å². The molecule has 27 valence electrons. The zero-order valence-corrected chi connectivity index (χ0v) is 6.83. The van der Waals surface area contributed by atoms with Crippen molar-refractivity contribution in [2.24, 2.45) is 0 Å². The van der Waals surface area contributed by atoms with Gasteiger partial charge in [0.2, 0.25) is 0 Å². The summed E-state index contributed by atoms with van der Waals surface area (Å²) in [4.78, 5) is 0. The van der Waals surface area contributed by atoms with Gasteiger partial charge in [0.25, 0.3) is 0 Å². The summed E-state index contributed by atoms with van der Waals surface area (Å²) in [7, 11) is 0. The van der Waals surface area contributed by atoms with E-state index in [1.165, 1.54) is 0 Å². The van der Waals surface area contributed by atoms with E-state index in [2.05, 4.69) is 0 Å². The fourth-order valence-corrected chi connectivity index (χ4v) is 0. The van der Waals surface area contributed by atoms with E-state index >= 15 is 0 Å². The topological polar surface area (TPSA) is 57.0 Å². The maximum atomic E-state index is 0. The molecule has 0 aromatic heterocycles. The number of hydrogen-bond donors (Lipinski definition) is 0. The van der Waals surface area contributed by atoms with Crippen molar-refractivity contribution in [2.75, 3.05) is 0 Å². The number of hydrogen-bond acceptors (Lipinski definition) is 0. The predicted molar refractivity (Wildman–Crippen MR) is 7.13 cm³/mol. The predicted octanol–water partition coefficient (Wildman–Crippen LogP) is -0.623. The van der Waals surface area contributed by atoms with E-state index in [0.29, 0.717) is 0 Å². The van der Waals surface area contributed by atoms with Crippen molar-refractivity contribution in [3.05, 3.63) is 0 Å². The first kappa shape index (κ1) is 84.7. The monoisotopic (exact) mass is 205 g/mol. The Bertz CT molecular complexity index is 9.61. The van der Waals surface area contributed by atoms with Gasteiger partial charge in [-0.3, -0.25) is 0 Å². The molecule has 0 aliphatic heterocycles. The third-order valence-electron chi connectivity index (χ3n) is 0. The van der Waals surface area contributed by atoms with Gasteiger partial charge in [-0.25, -0.2) is 0 Å². The second kappa shape index (κ2) is 48.2. The molecule has 0 aliphatic rings. The first-order chi connectivity index (χ1) is 0. The van der Waals surface area contributed by atoms with E-state index in [-0.39, 0.29) is 65.2 Å². The Kier molecular flexibility index (Phi) is 816. The van der Waals surface area contributed by atoms with Gasteiger partial charge in [-0.15, -0.1) is 0 Å². The second-order valence-electron chi connectivity index (χ2n) is 0. The van der Waals surface area contributed by atoms with Crippen LogP contribution in [0.5, 0.6) is 0 Å². The van der Waals surface area contributed by atoms with Crippen LogP contribution in [0.25, 0.3) is 0 Å². The van der Waals surface area contributed by atoms with Crippen molar-refractivity contribution in [2.45, 2.75) is 0 Å². The summed E-state index contributed by atoms with van der Waals surface area (Å²) in [6.07, 6.45) is 0. The summed E-state index contributed by atoms with van der Waals surface area (Å²) in [6, 6.07) is 0. The molecular formula is MnO2SiZr. The van der Waals surface area contributed by atoms with Crippen molar-refractivity contribution in [3.63, 3.8) is 0 Å². The van der Waals surface area contributed by atoms with Crippen LogP contribution >= 0.6 is 0 Å². The molecule has 0 atom stereocenters. The van der Waals surface area contributed by atoms with Crippen molar-refractivity contribution < 1.29 is 54.2 Å². The van der Waals surface area contributed by atoms with Crippen LogP contribution in [0, 0.1) is 0 Å². The third kappa shape index (κ3) is 29.3. The largest absolute Gasteiger partial charge is 4.00 e. The van der Waals surface area contributed by atoms with E-state index in [9.17, 15) is 0 Å². The summed E-state index contributed by atoms with van der Waals surface area (Å²) in [6.45, 7) is 0. The summed E-state index contributed by atoms with van der Waals surface area (Å²) in [5, 5.41) is 0. The van der Waals surface area contributed by atoms with E-state index < -0.39 is 0 Å². The molecule has 0 aliphatic carbocycles. The van der Waals surface area contributed by atoms with Gasteiger partial charge in [0, 0.05) is 28.0 Å². The molecular weight excluding hydrogens is 206 g/mol. The molecule has 0 spiro atoms. The van der Waals surface area contributed by atoms with Gasteiger partial charge in [-0.1, -0.05) is 0 Å². The van der Waals surface area contributed by atoms with E-state index in [1.54, 1.807) is 0 Å². The minimum atomic E-state index is 0. The Hall–Kier alpha value is 1.54. The Labute approximate surface area is 64.9 Å². The Balaban J connectivity index is 0. The van der Waals surface area contributed by atoms with Gasteiger partial charge in [0.1, 0.15) is 0 Å². The van der Waals surface area contributed by atoms with E-state index in [1.807, 2.05) is 0 Å². The average Bonchev–Trinajstić information content (AvgIpc) is 0. The molecule has 0 rings (SSSR count). The smallest absolute Gasteiger partial charge is 2.00 e. The van der Waals surface area contributed by atoms with Gasteiger partial charge in [0.15, 0.2) is 0 Å². The van der Waals surface area contributed by atoms with Gasteiger partial charge in [-0.05, 0) is 0 Å². The fourth-order valence-electron chi connectivity index (χ4n) is 0. The van der Waals surface area contributed by atoms with E-state index in [0.717, 1.165) is 0 Å². The quantitative estimate of drug-likeness (QED) is 0.474. The maximum Gasteiger partial charge on any atom is 4.00 e. The van der Waals surface area contributed by atoms with Crippen LogP contribution in [0.2, 0.25) is 0 Å². The normalized spacial score (nSPS) is 0. The van der Waals surface area contributed by atoms with Gasteiger partial charge < -0.3 is 11.0 Å². The number of rotatable bonds is 0. The molecule has 0 fully saturated rings. The van der Waals surface area contributed by atoms with Crippen LogP contribution < -0.4 is 0 Å².